The number of dihydropyridines is 1. The molecular formula is C18H25NOS. The lowest BCUT2D eigenvalue weighted by molar-refractivity contribution is 0.0223. The van der Waals surface area contributed by atoms with Gasteiger partial charge in [0, 0.05) is 16.5 Å². The van der Waals surface area contributed by atoms with Crippen LogP contribution in [-0.4, -0.2) is 21.9 Å². The standard InChI is InChI=1S/C18H25NOS/c1-17-10-8-16(20)19-14(17)5-3-11-12-4-6-15(21)18(12,2)9-7-13(11)17/h8,10-13,16,20H,3-7,9H2,1-2H3/t11-,12-,13+,16?,17+,18-/m0/s1. The highest BCUT2D eigenvalue weighted by Crippen LogP contribution is 2.61. The molecule has 6 atom stereocenters. The van der Waals surface area contributed by atoms with Crippen LogP contribution in [0.3, 0.4) is 0 Å². The van der Waals surface area contributed by atoms with Gasteiger partial charge in [0.1, 0.15) is 0 Å². The molecule has 0 spiro atoms. The maximum atomic E-state index is 9.79. The third-order valence-electron chi connectivity index (χ3n) is 7.16. The Morgan fingerprint density at radius 3 is 2.81 bits per heavy atom. The lowest BCUT2D eigenvalue weighted by Gasteiger charge is -2.55. The number of allylic oxidation sites excluding steroid dienone is 1. The van der Waals surface area contributed by atoms with Gasteiger partial charge in [-0.3, -0.25) is 4.99 Å². The molecule has 0 amide bonds. The number of aliphatic imine (C=N–C) groups is 1. The van der Waals surface area contributed by atoms with Gasteiger partial charge in [-0.15, -0.1) is 0 Å². The second-order valence-corrected chi connectivity index (χ2v) is 8.46. The van der Waals surface area contributed by atoms with Crippen molar-refractivity contribution >= 4 is 22.8 Å². The van der Waals surface area contributed by atoms with Crippen LogP contribution in [0.1, 0.15) is 52.4 Å². The van der Waals surface area contributed by atoms with Gasteiger partial charge in [-0.1, -0.05) is 32.1 Å². The molecule has 0 bridgehead atoms. The van der Waals surface area contributed by atoms with E-state index < -0.39 is 6.23 Å². The predicted octanol–water partition coefficient (Wildman–Crippen LogP) is 3.93. The number of aliphatic hydroxyl groups is 1. The molecule has 114 valence electrons. The van der Waals surface area contributed by atoms with Crippen molar-refractivity contribution < 1.29 is 5.11 Å². The van der Waals surface area contributed by atoms with Gasteiger partial charge in [0.15, 0.2) is 6.23 Å². The maximum absolute atomic E-state index is 9.79. The number of hydrogen-bond acceptors (Lipinski definition) is 3. The number of thiocarbonyl (C=S) groups is 1. The van der Waals surface area contributed by atoms with E-state index in [9.17, 15) is 5.11 Å². The minimum Gasteiger partial charge on any atom is -0.368 e. The summed E-state index contributed by atoms with van der Waals surface area (Å²) in [6.45, 7) is 4.77. The first-order valence-corrected chi connectivity index (χ1v) is 8.84. The van der Waals surface area contributed by atoms with E-state index in [1.165, 1.54) is 36.3 Å². The molecule has 1 N–H and O–H groups in total. The van der Waals surface area contributed by atoms with Crippen LogP contribution in [0.15, 0.2) is 17.1 Å². The van der Waals surface area contributed by atoms with Crippen LogP contribution in [0.4, 0.5) is 0 Å². The largest absolute Gasteiger partial charge is 0.368 e. The fourth-order valence-electron chi connectivity index (χ4n) is 5.90. The molecule has 3 heteroatoms. The van der Waals surface area contributed by atoms with E-state index in [1.807, 2.05) is 6.08 Å². The molecular weight excluding hydrogens is 278 g/mol. The van der Waals surface area contributed by atoms with Crippen LogP contribution in [0.25, 0.3) is 0 Å². The Bertz CT molecular complexity index is 553. The minimum atomic E-state index is -0.613. The van der Waals surface area contributed by atoms with Crippen molar-refractivity contribution in [2.75, 3.05) is 0 Å². The van der Waals surface area contributed by atoms with Crippen molar-refractivity contribution in [3.8, 4) is 0 Å². The van der Waals surface area contributed by atoms with Crippen molar-refractivity contribution in [1.29, 1.82) is 0 Å². The van der Waals surface area contributed by atoms with Crippen LogP contribution in [0.5, 0.6) is 0 Å². The molecule has 2 nitrogen and oxygen atoms in total. The van der Waals surface area contributed by atoms with Gasteiger partial charge in [0.05, 0.1) is 0 Å². The van der Waals surface area contributed by atoms with Gasteiger partial charge in [-0.2, -0.15) is 0 Å². The molecule has 4 rings (SSSR count). The van der Waals surface area contributed by atoms with E-state index in [0.717, 1.165) is 24.7 Å². The Kier molecular flexibility index (Phi) is 3.01. The first-order valence-electron chi connectivity index (χ1n) is 8.43. The van der Waals surface area contributed by atoms with Crippen LogP contribution < -0.4 is 0 Å². The first-order chi connectivity index (χ1) is 9.95. The zero-order chi connectivity index (χ0) is 14.8. The highest BCUT2D eigenvalue weighted by atomic mass is 32.1. The van der Waals surface area contributed by atoms with E-state index in [1.54, 1.807) is 0 Å². The normalized spacial score (nSPS) is 52.0. The Balaban J connectivity index is 1.70. The molecule has 21 heavy (non-hydrogen) atoms. The monoisotopic (exact) mass is 303 g/mol. The summed E-state index contributed by atoms with van der Waals surface area (Å²) >= 11 is 5.71. The van der Waals surface area contributed by atoms with Gasteiger partial charge < -0.3 is 5.11 Å². The average molecular weight is 303 g/mol. The van der Waals surface area contributed by atoms with E-state index in [4.69, 9.17) is 12.2 Å². The number of rotatable bonds is 0. The molecule has 1 unspecified atom stereocenters. The maximum Gasteiger partial charge on any atom is 0.164 e. The third kappa shape index (κ3) is 1.80. The van der Waals surface area contributed by atoms with Crippen LogP contribution in [-0.2, 0) is 0 Å². The molecule has 0 aromatic carbocycles. The molecule has 4 aliphatic rings. The van der Waals surface area contributed by atoms with Gasteiger partial charge in [-0.25, -0.2) is 0 Å². The highest BCUT2D eigenvalue weighted by Gasteiger charge is 2.57. The SMILES string of the molecule is C[C@]12C=CC(O)N=C1CC[C@@H]1[C@H]2CC[C@]2(C)C(=S)CC[C@@H]12. The Labute approximate surface area is 132 Å². The van der Waals surface area contributed by atoms with E-state index in [2.05, 4.69) is 24.9 Å². The molecule has 0 radical (unpaired) electrons. The Morgan fingerprint density at radius 1 is 1.19 bits per heavy atom. The van der Waals surface area contributed by atoms with Gasteiger partial charge in [-0.05, 0) is 67.2 Å². The summed E-state index contributed by atoms with van der Waals surface area (Å²) < 4.78 is 0. The molecule has 0 aromatic heterocycles. The fourth-order valence-corrected chi connectivity index (χ4v) is 6.28. The van der Waals surface area contributed by atoms with Gasteiger partial charge >= 0.3 is 0 Å². The zero-order valence-corrected chi connectivity index (χ0v) is 13.8. The molecule has 3 fully saturated rings. The molecule has 1 aliphatic heterocycles. The fraction of sp³-hybridized carbons (Fsp3) is 0.778. The van der Waals surface area contributed by atoms with Crippen molar-refractivity contribution in [3.05, 3.63) is 12.2 Å². The second kappa shape index (κ2) is 4.48. The Hall–Kier alpha value is -0.540. The smallest absolute Gasteiger partial charge is 0.164 e. The number of hydrogen-bond donors (Lipinski definition) is 1. The second-order valence-electron chi connectivity index (χ2n) is 7.96. The summed E-state index contributed by atoms with van der Waals surface area (Å²) in [5.74, 6) is 2.25. The summed E-state index contributed by atoms with van der Waals surface area (Å²) in [5, 5.41) is 9.79. The van der Waals surface area contributed by atoms with E-state index in [-0.39, 0.29) is 5.41 Å². The molecule has 1 heterocycles. The first kappa shape index (κ1) is 14.1. The van der Waals surface area contributed by atoms with Crippen LogP contribution >= 0.6 is 12.2 Å². The highest BCUT2D eigenvalue weighted by molar-refractivity contribution is 7.80. The van der Waals surface area contributed by atoms with Crippen LogP contribution in [0.2, 0.25) is 0 Å². The summed E-state index contributed by atoms with van der Waals surface area (Å²) in [5.41, 5.74) is 1.63. The van der Waals surface area contributed by atoms with Gasteiger partial charge in [0.25, 0.3) is 0 Å². The lowest BCUT2D eigenvalue weighted by atomic mass is 9.49. The zero-order valence-electron chi connectivity index (χ0n) is 13.0. The average Bonchev–Trinajstić information content (AvgIpc) is 2.76. The molecule has 0 saturated heterocycles. The van der Waals surface area contributed by atoms with Crippen molar-refractivity contribution in [3.63, 3.8) is 0 Å². The van der Waals surface area contributed by atoms with E-state index >= 15 is 0 Å². The number of nitrogens with zero attached hydrogens (tertiary/aromatic N) is 1. The Morgan fingerprint density at radius 2 is 2.00 bits per heavy atom. The van der Waals surface area contributed by atoms with Crippen molar-refractivity contribution in [2.24, 2.45) is 33.6 Å². The molecule has 3 saturated carbocycles. The summed E-state index contributed by atoms with van der Waals surface area (Å²) in [6.07, 6.45) is 10.8. The van der Waals surface area contributed by atoms with E-state index in [0.29, 0.717) is 11.3 Å². The van der Waals surface area contributed by atoms with Crippen molar-refractivity contribution in [1.82, 2.24) is 0 Å². The molecule has 0 aromatic rings. The molecule has 3 aliphatic carbocycles. The summed E-state index contributed by atoms with van der Waals surface area (Å²) in [4.78, 5) is 5.88. The number of aliphatic hydroxyl groups excluding tert-OH is 1. The van der Waals surface area contributed by atoms with Crippen molar-refractivity contribution in [2.45, 2.75) is 58.6 Å². The lowest BCUT2D eigenvalue weighted by Crippen LogP contribution is -2.52. The van der Waals surface area contributed by atoms with Gasteiger partial charge in [0.2, 0.25) is 0 Å². The summed E-state index contributed by atoms with van der Waals surface area (Å²) in [7, 11) is 0. The third-order valence-corrected chi connectivity index (χ3v) is 7.83. The minimum absolute atomic E-state index is 0.0771. The summed E-state index contributed by atoms with van der Waals surface area (Å²) in [6, 6.07) is 0. The quantitative estimate of drug-likeness (QED) is 0.543. The number of fused-ring (bicyclic) bond motifs is 5. The van der Waals surface area contributed by atoms with Crippen LogP contribution in [0, 0.1) is 28.6 Å². The topological polar surface area (TPSA) is 32.6 Å². The predicted molar refractivity (Wildman–Crippen MR) is 89.6 cm³/mol.